The van der Waals surface area contributed by atoms with Gasteiger partial charge in [-0.1, -0.05) is 6.07 Å². The Bertz CT molecular complexity index is 769. The van der Waals surface area contributed by atoms with Gasteiger partial charge in [0.15, 0.2) is 0 Å². The van der Waals surface area contributed by atoms with Crippen LogP contribution in [0.25, 0.3) is 0 Å². The molecule has 0 saturated carbocycles. The maximum absolute atomic E-state index is 12.6. The van der Waals surface area contributed by atoms with Crippen molar-refractivity contribution >= 4 is 28.0 Å². The molecule has 8 nitrogen and oxygen atoms in total. The first-order chi connectivity index (χ1) is 11.6. The molecule has 2 aliphatic heterocycles. The summed E-state index contributed by atoms with van der Waals surface area (Å²) in [7, 11) is -3.59. The van der Waals surface area contributed by atoms with Crippen LogP contribution in [0.3, 0.4) is 0 Å². The molecule has 0 bridgehead atoms. The molecule has 0 aliphatic carbocycles. The normalized spacial score (nSPS) is 18.6. The van der Waals surface area contributed by atoms with E-state index >= 15 is 0 Å². The minimum Gasteiger partial charge on any atom is -0.379 e. The third-order valence-electron chi connectivity index (χ3n) is 3.65. The van der Waals surface area contributed by atoms with Crippen molar-refractivity contribution in [3.05, 3.63) is 36.5 Å². The minimum atomic E-state index is -3.59. The largest absolute Gasteiger partial charge is 0.379 e. The van der Waals surface area contributed by atoms with E-state index in [0.29, 0.717) is 32.0 Å². The van der Waals surface area contributed by atoms with E-state index in [1.807, 2.05) is 0 Å². The summed E-state index contributed by atoms with van der Waals surface area (Å²) in [5, 5.41) is 2.68. The number of hydrogen-bond donors (Lipinski definition) is 1. The summed E-state index contributed by atoms with van der Waals surface area (Å²) in [4.78, 5) is 17.7. The molecule has 2 heterocycles. The van der Waals surface area contributed by atoms with Gasteiger partial charge in [-0.3, -0.25) is 9.89 Å². The van der Waals surface area contributed by atoms with Crippen LogP contribution >= 0.6 is 0 Å². The summed E-state index contributed by atoms with van der Waals surface area (Å²) in [6, 6.07) is 5.86. The van der Waals surface area contributed by atoms with Gasteiger partial charge in [-0.25, -0.2) is 13.2 Å². The molecular formula is C15H18N4O4S. The van der Waals surface area contributed by atoms with E-state index < -0.39 is 10.0 Å². The second-order valence-corrected chi connectivity index (χ2v) is 7.20. The van der Waals surface area contributed by atoms with E-state index in [0.717, 1.165) is 0 Å². The number of aliphatic imine (C=N–C) groups is 1. The van der Waals surface area contributed by atoms with Crippen LogP contribution in [0.2, 0.25) is 0 Å². The fourth-order valence-electron chi connectivity index (χ4n) is 2.38. The van der Waals surface area contributed by atoms with Crippen molar-refractivity contribution < 1.29 is 17.9 Å². The third kappa shape index (κ3) is 3.64. The molecular weight excluding hydrogens is 332 g/mol. The predicted octanol–water partition coefficient (Wildman–Crippen LogP) is 1.10. The zero-order chi connectivity index (χ0) is 17.0. The number of allylic oxidation sites excluding steroid dienone is 1. The number of rotatable bonds is 3. The number of anilines is 1. The van der Waals surface area contributed by atoms with Gasteiger partial charge >= 0.3 is 6.03 Å². The summed E-state index contributed by atoms with van der Waals surface area (Å²) in [6.45, 7) is 1.66. The Morgan fingerprint density at radius 2 is 2.04 bits per heavy atom. The minimum absolute atomic E-state index is 0.148. The summed E-state index contributed by atoms with van der Waals surface area (Å²) >= 11 is 0. The lowest BCUT2D eigenvalue weighted by Gasteiger charge is -2.26. The van der Waals surface area contributed by atoms with Gasteiger partial charge in [0.1, 0.15) is 6.67 Å². The fourth-order valence-corrected chi connectivity index (χ4v) is 3.84. The van der Waals surface area contributed by atoms with Gasteiger partial charge in [-0.2, -0.15) is 4.31 Å². The summed E-state index contributed by atoms with van der Waals surface area (Å²) in [6.07, 6.45) is 4.87. The molecule has 2 aliphatic rings. The number of nitrogens with zero attached hydrogens (tertiary/aromatic N) is 3. The maximum atomic E-state index is 12.6. The molecule has 1 aromatic carbocycles. The van der Waals surface area contributed by atoms with E-state index in [9.17, 15) is 13.2 Å². The number of nitrogens with one attached hydrogen (secondary N) is 1. The van der Waals surface area contributed by atoms with Crippen molar-refractivity contribution in [2.75, 3.05) is 38.3 Å². The lowest BCUT2D eigenvalue weighted by atomic mass is 10.3. The van der Waals surface area contributed by atoms with E-state index in [2.05, 4.69) is 10.3 Å². The van der Waals surface area contributed by atoms with Gasteiger partial charge in [0.05, 0.1) is 18.1 Å². The van der Waals surface area contributed by atoms with E-state index in [-0.39, 0.29) is 17.6 Å². The number of hydrogen-bond acceptors (Lipinski definition) is 5. The number of carbonyl (C=O) groups is 1. The van der Waals surface area contributed by atoms with Gasteiger partial charge < -0.3 is 10.1 Å². The van der Waals surface area contributed by atoms with Crippen LogP contribution in [0.1, 0.15) is 0 Å². The van der Waals surface area contributed by atoms with Gasteiger partial charge in [0.2, 0.25) is 10.0 Å². The molecule has 1 saturated heterocycles. The smallest absolute Gasteiger partial charge is 0.327 e. The number of morpholine rings is 1. The SMILES string of the molecule is O=C(Nc1cccc(S(=O)(=O)N2CCOCC2)c1)N1C=CC=NC1. The first-order valence-electron chi connectivity index (χ1n) is 7.49. The zero-order valence-electron chi connectivity index (χ0n) is 13.0. The highest BCUT2D eigenvalue weighted by molar-refractivity contribution is 7.89. The standard InChI is InChI=1S/C15H18N4O4S/c20-15(18-6-2-5-16-12-18)17-13-3-1-4-14(11-13)24(21,22)19-7-9-23-10-8-19/h1-6,11H,7-10,12H2,(H,17,20). The van der Waals surface area contributed by atoms with Crippen molar-refractivity contribution in [3.8, 4) is 0 Å². The molecule has 0 spiro atoms. The van der Waals surface area contributed by atoms with Crippen molar-refractivity contribution in [2.24, 2.45) is 4.99 Å². The Balaban J connectivity index is 1.75. The van der Waals surface area contributed by atoms with Crippen LogP contribution in [0.5, 0.6) is 0 Å². The van der Waals surface area contributed by atoms with E-state index in [1.54, 1.807) is 30.6 Å². The second kappa shape index (κ2) is 7.12. The summed E-state index contributed by atoms with van der Waals surface area (Å²) in [5.74, 6) is 0. The molecule has 3 rings (SSSR count). The average Bonchev–Trinajstić information content (AvgIpc) is 2.63. The van der Waals surface area contributed by atoms with Crippen LogP contribution in [-0.2, 0) is 14.8 Å². The van der Waals surface area contributed by atoms with Gasteiger partial charge in [0, 0.05) is 31.2 Å². The Morgan fingerprint density at radius 3 is 2.75 bits per heavy atom. The first kappa shape index (κ1) is 16.6. The van der Waals surface area contributed by atoms with Gasteiger partial charge in [0.25, 0.3) is 0 Å². The highest BCUT2D eigenvalue weighted by Gasteiger charge is 2.26. The van der Waals surface area contributed by atoms with E-state index in [1.165, 1.54) is 21.3 Å². The monoisotopic (exact) mass is 350 g/mol. The Morgan fingerprint density at radius 1 is 1.25 bits per heavy atom. The average molecular weight is 350 g/mol. The number of amides is 2. The van der Waals surface area contributed by atoms with E-state index in [4.69, 9.17) is 4.74 Å². The number of carbonyl (C=O) groups excluding carboxylic acids is 1. The quantitative estimate of drug-likeness (QED) is 0.884. The van der Waals surface area contributed by atoms with Crippen molar-refractivity contribution in [1.29, 1.82) is 0 Å². The van der Waals surface area contributed by atoms with Crippen molar-refractivity contribution in [1.82, 2.24) is 9.21 Å². The van der Waals surface area contributed by atoms with Crippen LogP contribution < -0.4 is 5.32 Å². The van der Waals surface area contributed by atoms with Gasteiger partial charge in [-0.05, 0) is 24.3 Å². The highest BCUT2D eigenvalue weighted by Crippen LogP contribution is 2.21. The molecule has 0 radical (unpaired) electrons. The summed E-state index contributed by atoms with van der Waals surface area (Å²) < 4.78 is 31.9. The molecule has 1 fully saturated rings. The molecule has 128 valence electrons. The first-order valence-corrected chi connectivity index (χ1v) is 8.93. The Labute approximate surface area is 140 Å². The highest BCUT2D eigenvalue weighted by atomic mass is 32.2. The molecule has 24 heavy (non-hydrogen) atoms. The Hall–Kier alpha value is -2.23. The van der Waals surface area contributed by atoms with Gasteiger partial charge in [-0.15, -0.1) is 0 Å². The fraction of sp³-hybridized carbons (Fsp3) is 0.333. The van der Waals surface area contributed by atoms with Crippen LogP contribution in [0, 0.1) is 0 Å². The lowest BCUT2D eigenvalue weighted by Crippen LogP contribution is -2.40. The molecule has 0 atom stereocenters. The summed E-state index contributed by atoms with van der Waals surface area (Å²) in [5.41, 5.74) is 0.414. The molecule has 0 unspecified atom stereocenters. The number of sulfonamides is 1. The van der Waals surface area contributed by atoms with Crippen molar-refractivity contribution in [3.63, 3.8) is 0 Å². The topological polar surface area (TPSA) is 91.3 Å². The zero-order valence-corrected chi connectivity index (χ0v) is 13.8. The van der Waals surface area contributed by atoms with Crippen LogP contribution in [0.4, 0.5) is 10.5 Å². The molecule has 1 N–H and O–H groups in total. The molecule has 9 heteroatoms. The maximum Gasteiger partial charge on any atom is 0.327 e. The molecule has 1 aromatic rings. The molecule has 2 amide bonds. The Kier molecular flexibility index (Phi) is 4.93. The lowest BCUT2D eigenvalue weighted by molar-refractivity contribution is 0.0730. The van der Waals surface area contributed by atoms with Crippen LogP contribution in [0.15, 0.2) is 46.4 Å². The molecule has 0 aromatic heterocycles. The third-order valence-corrected chi connectivity index (χ3v) is 5.54. The van der Waals surface area contributed by atoms with Crippen LogP contribution in [-0.4, -0.2) is 62.8 Å². The number of urea groups is 1. The number of benzene rings is 1. The second-order valence-electron chi connectivity index (χ2n) is 5.26. The number of ether oxygens (including phenoxy) is 1. The van der Waals surface area contributed by atoms with Crippen molar-refractivity contribution in [2.45, 2.75) is 4.90 Å². The predicted molar refractivity (Wildman–Crippen MR) is 89.4 cm³/mol.